The largest absolute Gasteiger partial charge is 0.363 e. The van der Waals surface area contributed by atoms with Crippen LogP contribution in [0.15, 0.2) is 34.9 Å². The fourth-order valence-electron chi connectivity index (χ4n) is 2.56. The van der Waals surface area contributed by atoms with E-state index in [0.717, 1.165) is 4.47 Å². The molecule has 0 radical (unpaired) electrons. The van der Waals surface area contributed by atoms with E-state index in [2.05, 4.69) is 21.2 Å². The highest BCUT2D eigenvalue weighted by atomic mass is 79.9. The zero-order chi connectivity index (χ0) is 14.5. The van der Waals surface area contributed by atoms with Gasteiger partial charge in [0, 0.05) is 28.8 Å². The van der Waals surface area contributed by atoms with Crippen LogP contribution in [0.5, 0.6) is 0 Å². The highest BCUT2D eigenvalue weighted by molar-refractivity contribution is 9.10. The molecule has 2 heterocycles. The average Bonchev–Trinajstić information content (AvgIpc) is 2.73. The normalized spacial score (nSPS) is 21.5. The van der Waals surface area contributed by atoms with E-state index in [-0.39, 0.29) is 11.6 Å². The maximum atomic E-state index is 14.1. The Bertz CT molecular complexity index is 713. The number of fused-ring (bicyclic) bond motifs is 1. The van der Waals surface area contributed by atoms with Crippen molar-refractivity contribution in [3.8, 4) is 0 Å². The molecule has 0 fully saturated rings. The molecule has 2 nitrogen and oxygen atoms in total. The number of nitrogens with one attached hydrogen (secondary N) is 1. The molecule has 0 amide bonds. The Morgan fingerprint density at radius 2 is 2.10 bits per heavy atom. The minimum atomic E-state index is -0.719. The van der Waals surface area contributed by atoms with E-state index in [1.807, 2.05) is 6.92 Å². The maximum Gasteiger partial charge on any atom is 0.141 e. The van der Waals surface area contributed by atoms with E-state index in [4.69, 9.17) is 12.2 Å². The first-order valence-electron chi connectivity index (χ1n) is 6.03. The van der Waals surface area contributed by atoms with Crippen LogP contribution >= 0.6 is 28.1 Å². The monoisotopic (exact) mass is 356 g/mol. The molecule has 1 atom stereocenters. The molecule has 1 unspecified atom stereocenters. The highest BCUT2D eigenvalue weighted by Crippen LogP contribution is 2.32. The first-order chi connectivity index (χ1) is 9.39. The Hall–Kier alpha value is -1.27. The van der Waals surface area contributed by atoms with Crippen molar-refractivity contribution < 1.29 is 8.78 Å². The van der Waals surface area contributed by atoms with Crippen LogP contribution in [0.2, 0.25) is 0 Å². The van der Waals surface area contributed by atoms with Crippen LogP contribution in [0.3, 0.4) is 0 Å². The quantitative estimate of drug-likeness (QED) is 0.784. The van der Waals surface area contributed by atoms with Gasteiger partial charge in [-0.1, -0.05) is 28.1 Å². The van der Waals surface area contributed by atoms with Crippen LogP contribution in [0.25, 0.3) is 0 Å². The summed E-state index contributed by atoms with van der Waals surface area (Å²) in [6.45, 7) is 2.25. The Labute approximate surface area is 128 Å². The molecular weight excluding hydrogens is 346 g/mol. The lowest BCUT2D eigenvalue weighted by Gasteiger charge is -2.38. The third kappa shape index (κ3) is 2.16. The third-order valence-electron chi connectivity index (χ3n) is 3.49. The van der Waals surface area contributed by atoms with Gasteiger partial charge in [0.25, 0.3) is 0 Å². The molecule has 1 aromatic heterocycles. The zero-order valence-electron chi connectivity index (χ0n) is 10.6. The van der Waals surface area contributed by atoms with E-state index < -0.39 is 5.54 Å². The number of halogens is 3. The summed E-state index contributed by atoms with van der Waals surface area (Å²) in [5.74, 6) is -0.662. The minimum Gasteiger partial charge on any atom is -0.363 e. The number of thiocarbonyl (C=S) groups is 1. The predicted molar refractivity (Wildman–Crippen MR) is 80.7 cm³/mol. The lowest BCUT2D eigenvalue weighted by Crippen LogP contribution is -2.51. The number of hydrogen-bond donors (Lipinski definition) is 1. The average molecular weight is 357 g/mol. The molecule has 3 rings (SSSR count). The van der Waals surface area contributed by atoms with Gasteiger partial charge in [-0.2, -0.15) is 0 Å². The zero-order valence-corrected chi connectivity index (χ0v) is 13.0. The molecule has 1 aliphatic heterocycles. The van der Waals surface area contributed by atoms with E-state index >= 15 is 0 Å². The molecule has 0 saturated carbocycles. The molecule has 104 valence electrons. The summed E-state index contributed by atoms with van der Waals surface area (Å²) in [7, 11) is 0. The van der Waals surface area contributed by atoms with Gasteiger partial charge >= 0.3 is 0 Å². The molecule has 0 aliphatic carbocycles. The van der Waals surface area contributed by atoms with E-state index in [9.17, 15) is 8.78 Å². The Balaban J connectivity index is 2.10. The van der Waals surface area contributed by atoms with Crippen molar-refractivity contribution in [2.75, 3.05) is 0 Å². The van der Waals surface area contributed by atoms with Crippen LogP contribution in [0.4, 0.5) is 8.78 Å². The van der Waals surface area contributed by atoms with E-state index in [0.29, 0.717) is 22.8 Å². The Morgan fingerprint density at radius 3 is 2.85 bits per heavy atom. The molecule has 2 aromatic rings. The molecule has 1 aliphatic rings. The summed E-state index contributed by atoms with van der Waals surface area (Å²) in [6, 6.07) is 6.15. The van der Waals surface area contributed by atoms with Gasteiger partial charge in [-0.15, -0.1) is 0 Å². The summed E-state index contributed by atoms with van der Waals surface area (Å²) in [4.78, 5) is 0.419. The Morgan fingerprint density at radius 1 is 1.35 bits per heavy atom. The number of benzene rings is 1. The van der Waals surface area contributed by atoms with Crippen molar-refractivity contribution in [1.82, 2.24) is 9.88 Å². The second kappa shape index (κ2) is 4.63. The molecule has 1 aromatic carbocycles. The highest BCUT2D eigenvalue weighted by Gasteiger charge is 2.36. The van der Waals surface area contributed by atoms with Gasteiger partial charge in [-0.25, -0.2) is 8.78 Å². The molecular formula is C14H11BrF2N2S. The predicted octanol–water partition coefficient (Wildman–Crippen LogP) is 3.72. The summed E-state index contributed by atoms with van der Waals surface area (Å²) in [6.07, 6.45) is 1.39. The van der Waals surface area contributed by atoms with E-state index in [1.54, 1.807) is 16.7 Å². The first kappa shape index (κ1) is 13.7. The van der Waals surface area contributed by atoms with Gasteiger partial charge in [0.05, 0.1) is 11.2 Å². The van der Waals surface area contributed by atoms with Crippen molar-refractivity contribution in [2.45, 2.75) is 19.0 Å². The number of rotatable bonds is 1. The van der Waals surface area contributed by atoms with Crippen LogP contribution < -0.4 is 5.32 Å². The summed E-state index contributed by atoms with van der Waals surface area (Å²) in [5, 5.41) is 3.13. The second-order valence-corrected chi connectivity index (χ2v) is 6.41. The van der Waals surface area contributed by atoms with Gasteiger partial charge in [-0.3, -0.25) is 0 Å². The van der Waals surface area contributed by atoms with Crippen LogP contribution in [-0.2, 0) is 12.1 Å². The summed E-state index contributed by atoms with van der Waals surface area (Å²) < 4.78 is 30.0. The molecule has 0 saturated heterocycles. The van der Waals surface area contributed by atoms with Gasteiger partial charge in [-0.05, 0) is 25.1 Å². The van der Waals surface area contributed by atoms with Crippen LogP contribution in [0, 0.1) is 11.6 Å². The smallest absolute Gasteiger partial charge is 0.141 e. The lowest BCUT2D eigenvalue weighted by atomic mass is 9.89. The van der Waals surface area contributed by atoms with Crippen molar-refractivity contribution in [3.05, 3.63) is 57.8 Å². The van der Waals surface area contributed by atoms with Crippen LogP contribution in [-0.4, -0.2) is 9.56 Å². The molecule has 0 bridgehead atoms. The summed E-state index contributed by atoms with van der Waals surface area (Å²) in [5.41, 5.74) is 0.392. The van der Waals surface area contributed by atoms with E-state index in [1.165, 1.54) is 18.3 Å². The van der Waals surface area contributed by atoms with Crippen molar-refractivity contribution in [1.29, 1.82) is 0 Å². The van der Waals surface area contributed by atoms with Gasteiger partial charge < -0.3 is 9.88 Å². The first-order valence-corrected chi connectivity index (χ1v) is 7.23. The number of hydrogen-bond acceptors (Lipinski definition) is 1. The third-order valence-corrected chi connectivity index (χ3v) is 4.30. The van der Waals surface area contributed by atoms with Gasteiger partial charge in [0.15, 0.2) is 0 Å². The fraction of sp³-hybridized carbons (Fsp3) is 0.214. The molecule has 0 spiro atoms. The lowest BCUT2D eigenvalue weighted by molar-refractivity contribution is 0.338. The summed E-state index contributed by atoms with van der Waals surface area (Å²) >= 11 is 8.61. The second-order valence-electron chi connectivity index (χ2n) is 5.08. The topological polar surface area (TPSA) is 17.0 Å². The van der Waals surface area contributed by atoms with Crippen LogP contribution in [0.1, 0.15) is 18.2 Å². The maximum absolute atomic E-state index is 14.1. The number of aromatic nitrogens is 1. The molecule has 20 heavy (non-hydrogen) atoms. The minimum absolute atomic E-state index is 0.318. The van der Waals surface area contributed by atoms with Gasteiger partial charge in [0.2, 0.25) is 0 Å². The SMILES string of the molecule is CC1(c2cc(Br)ccc2F)Cn2cc(F)cc2C(=S)N1. The van der Waals surface area contributed by atoms with Crippen molar-refractivity contribution in [2.24, 2.45) is 0 Å². The number of nitrogens with zero attached hydrogens (tertiary/aromatic N) is 1. The molecule has 6 heteroatoms. The van der Waals surface area contributed by atoms with Crippen molar-refractivity contribution in [3.63, 3.8) is 0 Å². The Kier molecular flexibility index (Phi) is 3.17. The van der Waals surface area contributed by atoms with Gasteiger partial charge in [0.1, 0.15) is 16.6 Å². The standard InChI is InChI=1S/C14H11BrF2N2S/c1-14(10-4-8(15)2-3-11(10)17)7-19-6-9(16)5-12(19)13(20)18-14/h2-6H,7H2,1H3,(H,18,20). The fourth-order valence-corrected chi connectivity index (χ4v) is 3.33. The van der Waals surface area contributed by atoms with Crippen molar-refractivity contribution >= 4 is 33.1 Å². The molecule has 1 N–H and O–H groups in total.